The Labute approximate surface area is 226 Å². The third-order valence-corrected chi connectivity index (χ3v) is 10.5. The van der Waals surface area contributed by atoms with Gasteiger partial charge in [0.05, 0.1) is 4.90 Å². The summed E-state index contributed by atoms with van der Waals surface area (Å²) in [7, 11) is -3.86. The number of hydrogen-bond acceptors (Lipinski definition) is 3. The molecule has 38 heavy (non-hydrogen) atoms. The number of hydrogen-bond donors (Lipinski definition) is 2. The molecule has 3 aromatic rings. The van der Waals surface area contributed by atoms with E-state index in [4.69, 9.17) is 0 Å². The molecule has 4 bridgehead atoms. The highest BCUT2D eigenvalue weighted by Gasteiger charge is 2.51. The average Bonchev–Trinajstić information content (AvgIpc) is 2.83. The second-order valence-electron chi connectivity index (χ2n) is 12.2. The monoisotopic (exact) mass is 528 g/mol. The SMILES string of the molecule is Cc1cc(C)cc(NS(=O)(=O)c2cc(C(=O)Nc3ccc(C45CC6CC(CC(C6)C4)C5)cc3)ccc2C)c1. The minimum Gasteiger partial charge on any atom is -0.322 e. The highest BCUT2D eigenvalue weighted by atomic mass is 32.2. The number of rotatable bonds is 6. The van der Waals surface area contributed by atoms with Crippen LogP contribution in [0.5, 0.6) is 0 Å². The number of sulfonamides is 1. The lowest BCUT2D eigenvalue weighted by molar-refractivity contribution is -0.00518. The minimum atomic E-state index is -3.86. The first-order valence-corrected chi connectivity index (χ1v) is 15.2. The Balaban J connectivity index is 1.19. The topological polar surface area (TPSA) is 75.3 Å². The highest BCUT2D eigenvalue weighted by Crippen LogP contribution is 2.60. The summed E-state index contributed by atoms with van der Waals surface area (Å²) in [5.74, 6) is 2.33. The molecule has 3 aromatic carbocycles. The zero-order valence-electron chi connectivity index (χ0n) is 22.4. The van der Waals surface area contributed by atoms with E-state index in [9.17, 15) is 13.2 Å². The Kier molecular flexibility index (Phi) is 6.14. The zero-order chi connectivity index (χ0) is 26.7. The standard InChI is InChI=1S/C32H36N2O3S/c1-20-10-21(2)12-29(11-20)34-38(36,37)30-16-26(5-4-22(30)3)31(35)33-28-8-6-27(7-9-28)32-17-23-13-24(18-32)15-25(14-23)19-32/h4-12,16,23-25,34H,13-15,17-19H2,1-3H3,(H,33,35). The van der Waals surface area contributed by atoms with Crippen LogP contribution in [0.15, 0.2) is 65.6 Å². The van der Waals surface area contributed by atoms with Crippen molar-refractivity contribution in [3.05, 3.63) is 88.5 Å². The Bertz CT molecular complexity index is 1450. The van der Waals surface area contributed by atoms with Crippen LogP contribution >= 0.6 is 0 Å². The molecule has 4 fully saturated rings. The van der Waals surface area contributed by atoms with Crippen molar-refractivity contribution in [3.63, 3.8) is 0 Å². The highest BCUT2D eigenvalue weighted by molar-refractivity contribution is 7.92. The molecule has 0 spiro atoms. The van der Waals surface area contributed by atoms with Crippen LogP contribution in [0.3, 0.4) is 0 Å². The maximum Gasteiger partial charge on any atom is 0.262 e. The van der Waals surface area contributed by atoms with Gasteiger partial charge >= 0.3 is 0 Å². The van der Waals surface area contributed by atoms with Crippen LogP contribution in [-0.2, 0) is 15.4 Å². The van der Waals surface area contributed by atoms with Gasteiger partial charge in [-0.1, -0.05) is 24.3 Å². The van der Waals surface area contributed by atoms with Gasteiger partial charge in [0.2, 0.25) is 0 Å². The quantitative estimate of drug-likeness (QED) is 0.357. The largest absolute Gasteiger partial charge is 0.322 e. The summed E-state index contributed by atoms with van der Waals surface area (Å²) in [5, 5.41) is 2.97. The number of carbonyl (C=O) groups excluding carboxylic acids is 1. The van der Waals surface area contributed by atoms with E-state index in [0.717, 1.165) is 34.6 Å². The first-order valence-electron chi connectivity index (χ1n) is 13.7. The fourth-order valence-electron chi connectivity index (χ4n) is 7.85. The van der Waals surface area contributed by atoms with Crippen LogP contribution in [0.1, 0.15) is 71.1 Å². The molecule has 0 aliphatic heterocycles. The maximum absolute atomic E-state index is 13.2. The van der Waals surface area contributed by atoms with Crippen LogP contribution in [0, 0.1) is 38.5 Å². The van der Waals surface area contributed by atoms with Crippen molar-refractivity contribution < 1.29 is 13.2 Å². The van der Waals surface area contributed by atoms with Crippen molar-refractivity contribution >= 4 is 27.3 Å². The molecule has 7 rings (SSSR count). The Hall–Kier alpha value is -3.12. The summed E-state index contributed by atoms with van der Waals surface area (Å²) in [6.45, 7) is 5.59. The van der Waals surface area contributed by atoms with Gasteiger partial charge in [-0.25, -0.2) is 8.42 Å². The van der Waals surface area contributed by atoms with E-state index in [0.29, 0.717) is 22.2 Å². The van der Waals surface area contributed by atoms with Gasteiger partial charge < -0.3 is 5.32 Å². The van der Waals surface area contributed by atoms with Crippen LogP contribution in [0.25, 0.3) is 0 Å². The molecule has 0 saturated heterocycles. The van der Waals surface area contributed by atoms with Gasteiger partial charge in [0, 0.05) is 16.9 Å². The first-order chi connectivity index (χ1) is 18.1. The van der Waals surface area contributed by atoms with E-state index in [1.54, 1.807) is 31.2 Å². The lowest BCUT2D eigenvalue weighted by Gasteiger charge is -2.57. The molecular weight excluding hydrogens is 492 g/mol. The van der Waals surface area contributed by atoms with Crippen LogP contribution < -0.4 is 10.0 Å². The first kappa shape index (κ1) is 25.2. The van der Waals surface area contributed by atoms with Crippen LogP contribution in [0.2, 0.25) is 0 Å². The number of benzene rings is 3. The Morgan fingerprint density at radius 1 is 0.763 bits per heavy atom. The summed E-state index contributed by atoms with van der Waals surface area (Å²) in [4.78, 5) is 13.2. The van der Waals surface area contributed by atoms with Gasteiger partial charge in [0.1, 0.15) is 0 Å². The fraction of sp³-hybridized carbons (Fsp3) is 0.406. The van der Waals surface area contributed by atoms with Crippen molar-refractivity contribution in [2.24, 2.45) is 17.8 Å². The van der Waals surface area contributed by atoms with Crippen molar-refractivity contribution in [1.82, 2.24) is 0 Å². The zero-order valence-corrected chi connectivity index (χ0v) is 23.2. The lowest BCUT2D eigenvalue weighted by Crippen LogP contribution is -2.48. The van der Waals surface area contributed by atoms with E-state index in [-0.39, 0.29) is 10.8 Å². The third kappa shape index (κ3) is 4.75. The van der Waals surface area contributed by atoms with E-state index < -0.39 is 10.0 Å². The van der Waals surface area contributed by atoms with Gasteiger partial charge in [-0.05, 0) is 141 Å². The second-order valence-corrected chi connectivity index (χ2v) is 13.8. The van der Waals surface area contributed by atoms with Gasteiger partial charge in [-0.15, -0.1) is 0 Å². The molecule has 4 aliphatic carbocycles. The van der Waals surface area contributed by atoms with Gasteiger partial charge in [-0.3, -0.25) is 9.52 Å². The molecule has 2 N–H and O–H groups in total. The lowest BCUT2D eigenvalue weighted by atomic mass is 9.48. The predicted octanol–water partition coefficient (Wildman–Crippen LogP) is 7.13. The molecule has 198 valence electrons. The molecule has 4 saturated carbocycles. The van der Waals surface area contributed by atoms with Crippen molar-refractivity contribution in [1.29, 1.82) is 0 Å². The second kappa shape index (κ2) is 9.26. The summed E-state index contributed by atoms with van der Waals surface area (Å²) in [6, 6.07) is 18.8. The molecule has 0 atom stereocenters. The molecule has 0 aromatic heterocycles. The Morgan fingerprint density at radius 3 is 1.92 bits per heavy atom. The molecule has 1 amide bonds. The number of anilines is 2. The van der Waals surface area contributed by atoms with E-state index in [1.165, 1.54) is 50.2 Å². The number of carbonyl (C=O) groups is 1. The molecular formula is C32H36N2O3S. The fourth-order valence-corrected chi connectivity index (χ4v) is 9.16. The van der Waals surface area contributed by atoms with Crippen LogP contribution in [0.4, 0.5) is 11.4 Å². The summed E-state index contributed by atoms with van der Waals surface area (Å²) < 4.78 is 29.1. The average molecular weight is 529 g/mol. The summed E-state index contributed by atoms with van der Waals surface area (Å²) >= 11 is 0. The normalized spacial score (nSPS) is 25.8. The number of nitrogens with one attached hydrogen (secondary N) is 2. The maximum atomic E-state index is 13.2. The summed E-state index contributed by atoms with van der Waals surface area (Å²) in [6.07, 6.45) is 8.18. The van der Waals surface area contributed by atoms with Crippen molar-refractivity contribution in [3.8, 4) is 0 Å². The smallest absolute Gasteiger partial charge is 0.262 e. The van der Waals surface area contributed by atoms with Crippen LogP contribution in [-0.4, -0.2) is 14.3 Å². The van der Waals surface area contributed by atoms with Crippen molar-refractivity contribution in [2.75, 3.05) is 10.0 Å². The number of amides is 1. The third-order valence-electron chi connectivity index (χ3n) is 9.01. The molecule has 0 unspecified atom stereocenters. The molecule has 0 heterocycles. The number of aryl methyl sites for hydroxylation is 3. The molecule has 4 aliphatic rings. The van der Waals surface area contributed by atoms with E-state index in [2.05, 4.69) is 22.2 Å². The predicted molar refractivity (Wildman–Crippen MR) is 152 cm³/mol. The Morgan fingerprint density at radius 2 is 1.34 bits per heavy atom. The molecule has 5 nitrogen and oxygen atoms in total. The molecule has 6 heteroatoms. The van der Waals surface area contributed by atoms with Gasteiger partial charge in [0.25, 0.3) is 15.9 Å². The van der Waals surface area contributed by atoms with E-state index in [1.807, 2.05) is 32.0 Å². The van der Waals surface area contributed by atoms with E-state index >= 15 is 0 Å². The summed E-state index contributed by atoms with van der Waals surface area (Å²) in [5.41, 5.74) is 5.80. The van der Waals surface area contributed by atoms with Gasteiger partial charge in [-0.2, -0.15) is 0 Å². The molecule has 0 radical (unpaired) electrons. The minimum absolute atomic E-state index is 0.0986. The van der Waals surface area contributed by atoms with Gasteiger partial charge in [0.15, 0.2) is 0 Å². The van der Waals surface area contributed by atoms with Crippen molar-refractivity contribution in [2.45, 2.75) is 69.6 Å².